The van der Waals surface area contributed by atoms with Crippen LogP contribution in [0.2, 0.25) is 0 Å². The minimum atomic E-state index is -0.938. The fourth-order valence-corrected chi connectivity index (χ4v) is 12.1. The molecule has 4 heterocycles. The van der Waals surface area contributed by atoms with Crippen molar-refractivity contribution in [1.82, 2.24) is 4.57 Å². The van der Waals surface area contributed by atoms with Crippen LogP contribution in [0, 0.1) is 5.92 Å². The molecule has 0 bridgehead atoms. The van der Waals surface area contributed by atoms with E-state index in [1.165, 1.54) is 162 Å². The van der Waals surface area contributed by atoms with Gasteiger partial charge in [0, 0.05) is 35.0 Å². The number of fused-ring (bicyclic) bond motifs is 6. The normalized spacial score (nSPS) is 10.9. The molecule has 31 nitrogen and oxygen atoms in total. The molecule has 0 saturated carbocycles. The molecule has 0 unspecified atom stereocenters. The Morgan fingerprint density at radius 3 is 1.17 bits per heavy atom. The molecule has 12 rings (SSSR count). The van der Waals surface area contributed by atoms with E-state index in [0.717, 1.165) is 74.3 Å². The van der Waals surface area contributed by atoms with Crippen LogP contribution in [0.25, 0.3) is 75.5 Å². The average molecular weight is 2010 g/mol. The topological polar surface area (TPSA) is 427 Å². The monoisotopic (exact) mass is 2010 g/mol. The second-order valence-electron chi connectivity index (χ2n) is 29.6. The molecule has 0 fully saturated rings. The van der Waals surface area contributed by atoms with Gasteiger partial charge < -0.3 is 56.5 Å². The number of hydrogen-bond donors (Lipinski definition) is 0. The van der Waals surface area contributed by atoms with Gasteiger partial charge in [-0.3, -0.25) is 47.7 Å². The van der Waals surface area contributed by atoms with Gasteiger partial charge in [0.25, 0.3) is 46.3 Å². The van der Waals surface area contributed by atoms with Gasteiger partial charge in [0.15, 0.2) is 11.5 Å². The van der Waals surface area contributed by atoms with E-state index in [2.05, 4.69) is 109 Å². The van der Waals surface area contributed by atoms with Crippen molar-refractivity contribution in [2.75, 3.05) is 66.8 Å². The SMILES string of the molecule is C=CCOC(=O)C(=O)/C=C/C(C)C.C=CCOC(=O)C(=O)/C=C/c1ccc(C(=O)OC)cc1.C=CCOC(=O)C(=O)/C=C/c1ccc2c(c1)Cc1ccccc1-2.C=CCOC(=O)C(=O)/C=C/c1ccc2c(c1)OCO2.C=CCOC(=O)C(=O)/C=C/c1ccccc1.C=CCOC(=O)C(=O)/C=C/c1ccsc1.C=CCOC(=O)C(=O)/C=C/c1cn(C(C)=O)c2ccccc12.C=CCOC(=O)C(=O)/C=C/c1coc2ccccc12. The zero-order valence-electron chi connectivity index (χ0n) is 80.7. The first-order chi connectivity index (χ1) is 70.8. The first kappa shape index (κ1) is 119. The Morgan fingerprint density at radius 2 is 0.728 bits per heavy atom. The zero-order chi connectivity index (χ0) is 108. The summed E-state index contributed by atoms with van der Waals surface area (Å²) < 4.78 is 58.6. The van der Waals surface area contributed by atoms with E-state index in [0.29, 0.717) is 28.2 Å². The molecule has 2 aliphatic rings. The molecule has 0 radical (unpaired) electrons. The summed E-state index contributed by atoms with van der Waals surface area (Å²) in [6, 6.07) is 51.8. The summed E-state index contributed by atoms with van der Waals surface area (Å²) in [5.41, 5.74) is 12.4. The van der Waals surface area contributed by atoms with E-state index in [1.54, 1.807) is 73.0 Å². The highest BCUT2D eigenvalue weighted by molar-refractivity contribution is 7.08. The molecule has 0 N–H and O–H groups in total. The summed E-state index contributed by atoms with van der Waals surface area (Å²) in [5, 5.41) is 5.46. The smallest absolute Gasteiger partial charge is 0.379 e. The highest BCUT2D eigenvalue weighted by atomic mass is 32.1. The molecule has 1 aliphatic carbocycles. The second kappa shape index (κ2) is 66.6. The lowest BCUT2D eigenvalue weighted by molar-refractivity contribution is -0.150. The fourth-order valence-electron chi connectivity index (χ4n) is 11.5. The predicted molar refractivity (Wildman–Crippen MR) is 557 cm³/mol. The molecular weight excluding hydrogens is 1910 g/mol. The average Bonchev–Trinajstić information content (AvgIpc) is 1.65. The van der Waals surface area contributed by atoms with Gasteiger partial charge in [-0.2, -0.15) is 11.3 Å². The number of hydrogen-bond acceptors (Lipinski definition) is 31. The minimum Gasteiger partial charge on any atom is -0.465 e. The van der Waals surface area contributed by atoms with Crippen LogP contribution in [0.3, 0.4) is 0 Å². The van der Waals surface area contributed by atoms with Crippen molar-refractivity contribution in [1.29, 1.82) is 0 Å². The third-order valence-corrected chi connectivity index (χ3v) is 19.0. The molecule has 147 heavy (non-hydrogen) atoms. The van der Waals surface area contributed by atoms with Crippen molar-refractivity contribution >= 4 is 182 Å². The predicted octanol–water partition coefficient (Wildman–Crippen LogP) is 18.0. The number of carbonyl (C=O) groups is 18. The Labute approximate surface area is 851 Å². The van der Waals surface area contributed by atoms with Crippen LogP contribution in [0.5, 0.6) is 11.5 Å². The van der Waals surface area contributed by atoms with Crippen LogP contribution in [0.4, 0.5) is 0 Å². The number of furan rings is 1. The van der Waals surface area contributed by atoms with E-state index in [9.17, 15) is 86.3 Å². The summed E-state index contributed by atoms with van der Waals surface area (Å²) in [7, 11) is 1.30. The van der Waals surface area contributed by atoms with Crippen molar-refractivity contribution in [3.8, 4) is 22.6 Å². The third-order valence-electron chi connectivity index (χ3n) is 18.3. The number of allylic oxidation sites excluding steroid dienone is 1. The quantitative estimate of drug-likeness (QED) is 0.0113. The van der Waals surface area contributed by atoms with E-state index in [4.69, 9.17) is 18.6 Å². The number of carbonyl (C=O) groups excluding carboxylic acids is 18. The number of methoxy groups -OCH3 is 1. The molecule has 0 atom stereocenters. The Bertz CT molecular complexity index is 6690. The van der Waals surface area contributed by atoms with E-state index < -0.39 is 100.0 Å². The maximum absolute atomic E-state index is 11.6. The molecule has 0 amide bonds. The van der Waals surface area contributed by atoms with E-state index in [1.807, 2.05) is 134 Å². The Morgan fingerprint density at radius 1 is 0.361 bits per heavy atom. The van der Waals surface area contributed by atoms with Crippen molar-refractivity contribution in [2.24, 2.45) is 5.92 Å². The number of rotatable bonds is 41. The largest absolute Gasteiger partial charge is 0.465 e. The van der Waals surface area contributed by atoms with E-state index >= 15 is 0 Å². The van der Waals surface area contributed by atoms with Crippen molar-refractivity contribution in [3.05, 3.63) is 405 Å². The molecule has 1 aliphatic heterocycles. The van der Waals surface area contributed by atoms with Gasteiger partial charge in [0.1, 0.15) is 58.4 Å². The molecule has 32 heteroatoms. The molecule has 756 valence electrons. The summed E-state index contributed by atoms with van der Waals surface area (Å²) >= 11 is 1.52. The highest BCUT2D eigenvalue weighted by Crippen LogP contribution is 2.37. The Kier molecular flexibility index (Phi) is 53.7. The van der Waals surface area contributed by atoms with Gasteiger partial charge in [-0.25, -0.2) is 43.2 Å². The van der Waals surface area contributed by atoms with Gasteiger partial charge in [-0.05, 0) is 182 Å². The summed E-state index contributed by atoms with van der Waals surface area (Å²) in [5.74, 6) is -11.8. The Balaban J connectivity index is 0.000000297. The van der Waals surface area contributed by atoms with Crippen LogP contribution < -0.4 is 9.47 Å². The first-order valence-electron chi connectivity index (χ1n) is 44.2. The van der Waals surface area contributed by atoms with Crippen LogP contribution >= 0.6 is 11.3 Å². The van der Waals surface area contributed by atoms with Crippen molar-refractivity contribution < 1.29 is 143 Å². The van der Waals surface area contributed by atoms with Gasteiger partial charge in [0.2, 0.25) is 12.7 Å². The third kappa shape index (κ3) is 43.3. The molecule has 10 aromatic rings. The highest BCUT2D eigenvalue weighted by Gasteiger charge is 2.22. The van der Waals surface area contributed by atoms with Crippen LogP contribution in [0.1, 0.15) is 86.0 Å². The molecular formula is C115H105NO30S. The maximum Gasteiger partial charge on any atom is 0.379 e. The standard InChI is InChI=1S/C20H16O3.C17H15NO4.C15H14O5.C15H12O4.C14H12O5.C13H12O3.C11H10O3S.C10H14O3/c1-2-11-23-20(22)19(21)10-8-14-7-9-18-16(12-14)13-15-5-3-4-6-17(15)18;1-3-10-22-17(21)16(20)9-8-13-11-18(12(2)19)15-7-5-4-6-14(13)15;1-3-10-20-15(18)13(16)9-6-11-4-7-12(8-5-11)14(17)19-2;1-2-9-18-15(17)13(16)8-7-11-10-19-14-6-4-3-5-12(11)14;1-2-7-17-14(16)11(15)5-3-10-4-6-12-13(8-10)19-9-18-12;1-2-10-16-13(15)12(14)9-8-11-6-4-3-5-7-11;1-2-6-14-11(13)10(12)4-3-9-5-7-15-8-9;1-4-7-13-10(12)9(11)6-5-8(2)3/h2-10,12H,1,11,13H2;3-9,11H,1,10H2,2H3;3-9H,1,10H2,2H3;2-8,10H,1,9H2;2-6,8H,1,7,9H2;2-9H,1,10H2;2-5,7-8H,1,6H2;4-6,8H,1,7H2,2-3H3/b10-8+;9-8+;9-6+;8-7+;5-3+;9-8+;4-3+;6-5+. The first-order valence-corrected chi connectivity index (χ1v) is 45.2. The van der Waals surface area contributed by atoms with Gasteiger partial charge in [0.05, 0.1) is 24.5 Å². The van der Waals surface area contributed by atoms with Gasteiger partial charge >= 0.3 is 53.7 Å². The summed E-state index contributed by atoms with van der Waals surface area (Å²) in [6.07, 6.45) is 37.1. The van der Waals surface area contributed by atoms with Crippen LogP contribution in [-0.2, 0) is 126 Å². The molecule has 3 aromatic heterocycles. The number of aromatic nitrogens is 1. The number of ketones is 8. The Hall–Kier alpha value is -19.0. The van der Waals surface area contributed by atoms with Crippen LogP contribution in [-0.4, -0.2) is 177 Å². The van der Waals surface area contributed by atoms with Gasteiger partial charge in [-0.15, -0.1) is 0 Å². The summed E-state index contributed by atoms with van der Waals surface area (Å²) in [4.78, 5) is 203. The van der Waals surface area contributed by atoms with Crippen molar-refractivity contribution in [2.45, 2.75) is 27.2 Å². The van der Waals surface area contributed by atoms with Gasteiger partial charge in [-0.1, -0.05) is 273 Å². The molecule has 0 saturated heterocycles. The fraction of sp³-hybridized carbons (Fsp3) is 0.130. The number of nitrogens with zero attached hydrogens (tertiary/aromatic N) is 1. The number of esters is 9. The van der Waals surface area contributed by atoms with E-state index in [-0.39, 0.29) is 71.5 Å². The summed E-state index contributed by atoms with van der Waals surface area (Å²) in [6.45, 7) is 32.8. The number of thiophene rings is 1. The molecule has 0 spiro atoms. The zero-order valence-corrected chi connectivity index (χ0v) is 81.6. The minimum absolute atomic E-state index is 0.00770. The van der Waals surface area contributed by atoms with Crippen molar-refractivity contribution in [3.63, 3.8) is 0 Å². The number of benzene rings is 7. The van der Waals surface area contributed by atoms with Crippen LogP contribution in [0.15, 0.2) is 353 Å². The lowest BCUT2D eigenvalue weighted by Crippen LogP contribution is -2.15. The maximum atomic E-state index is 11.6. The number of ether oxygens (including phenoxy) is 11. The lowest BCUT2D eigenvalue weighted by Gasteiger charge is -2.02. The lowest BCUT2D eigenvalue weighted by atomic mass is 10.0. The number of para-hydroxylation sites is 2. The molecule has 7 aromatic carbocycles. The second-order valence-corrected chi connectivity index (χ2v) is 30.3.